The number of fused-ring (bicyclic) bond motifs is 1. The smallest absolute Gasteiger partial charge is 0.350 e. The van der Waals surface area contributed by atoms with E-state index in [1.165, 1.54) is 15.7 Å². The standard InChI is InChI=1S/C31H41N7O2/c1-6-24-21-38(30-29-27(35(5)31(39)34-30)13-14-28(32-4)33-29)25(7-2)20-37(24)26(8-3)23-11-9-22(10-12-23)19-36-15-17-40-18-16-36/h9-14,24-26H,6-8,15-21H2,1-3,5H3/t24-,25+,26?/m1/s1. The molecule has 0 aliphatic carbocycles. The number of morpholine rings is 1. The van der Waals surface area contributed by atoms with E-state index in [9.17, 15) is 4.79 Å². The average Bonchev–Trinajstić information content (AvgIpc) is 3.00. The molecular weight excluding hydrogens is 502 g/mol. The van der Waals surface area contributed by atoms with Crippen molar-refractivity contribution in [2.24, 2.45) is 7.05 Å². The fourth-order valence-corrected chi connectivity index (χ4v) is 6.31. The second-order valence-electron chi connectivity index (χ2n) is 11.0. The van der Waals surface area contributed by atoms with Crippen molar-refractivity contribution < 1.29 is 4.74 Å². The van der Waals surface area contributed by atoms with Crippen LogP contribution < -0.4 is 10.6 Å². The molecule has 2 fully saturated rings. The third kappa shape index (κ3) is 5.62. The number of piperazine rings is 1. The molecule has 3 aromatic rings. The van der Waals surface area contributed by atoms with Crippen molar-refractivity contribution in [1.82, 2.24) is 24.3 Å². The van der Waals surface area contributed by atoms with Crippen molar-refractivity contribution in [3.63, 3.8) is 0 Å². The Morgan fingerprint density at radius 3 is 2.38 bits per heavy atom. The van der Waals surface area contributed by atoms with Crippen LogP contribution in [-0.2, 0) is 18.3 Å². The lowest BCUT2D eigenvalue weighted by Crippen LogP contribution is -2.59. The number of hydrogen-bond donors (Lipinski definition) is 0. The highest BCUT2D eigenvalue weighted by atomic mass is 16.5. The molecule has 4 heterocycles. The van der Waals surface area contributed by atoms with Crippen molar-refractivity contribution in [1.29, 1.82) is 0 Å². The number of anilines is 1. The molecule has 2 aromatic heterocycles. The van der Waals surface area contributed by atoms with E-state index in [2.05, 4.69) is 74.5 Å². The van der Waals surface area contributed by atoms with Crippen molar-refractivity contribution in [3.05, 3.63) is 69.4 Å². The monoisotopic (exact) mass is 543 g/mol. The minimum Gasteiger partial charge on any atom is -0.379 e. The molecule has 2 aliphatic heterocycles. The minimum atomic E-state index is -0.297. The summed E-state index contributed by atoms with van der Waals surface area (Å²) in [7, 11) is 1.71. The Balaban J connectivity index is 1.42. The molecule has 0 saturated carbocycles. The molecule has 2 saturated heterocycles. The van der Waals surface area contributed by atoms with Gasteiger partial charge in [0.25, 0.3) is 5.82 Å². The SMILES string of the molecule is [C-]#[N+]c1ccc2c(n1)c(N1C[C@@H](CC)N(C(CC)c3ccc(CN4CCOCC4)cc3)C[C@@H]1CC)nc(=O)n2C. The molecule has 3 atom stereocenters. The molecule has 1 unspecified atom stereocenters. The number of pyridine rings is 1. The van der Waals surface area contributed by atoms with E-state index in [-0.39, 0.29) is 11.7 Å². The maximum absolute atomic E-state index is 12.9. The fourth-order valence-electron chi connectivity index (χ4n) is 6.31. The molecule has 5 rings (SSSR count). The summed E-state index contributed by atoms with van der Waals surface area (Å²) in [5.41, 5.74) is 3.74. The summed E-state index contributed by atoms with van der Waals surface area (Å²) in [6, 6.07) is 13.5. The summed E-state index contributed by atoms with van der Waals surface area (Å²) in [5.74, 6) is 0.921. The van der Waals surface area contributed by atoms with Gasteiger partial charge in [0.2, 0.25) is 5.52 Å². The summed E-state index contributed by atoms with van der Waals surface area (Å²) < 4.78 is 7.02. The Kier molecular flexibility index (Phi) is 8.79. The second kappa shape index (κ2) is 12.5. The Morgan fingerprint density at radius 1 is 1.00 bits per heavy atom. The van der Waals surface area contributed by atoms with Gasteiger partial charge >= 0.3 is 5.69 Å². The fraction of sp³-hybridized carbons (Fsp3) is 0.548. The first kappa shape index (κ1) is 28.2. The number of aryl methyl sites for hydroxylation is 1. The van der Waals surface area contributed by atoms with Gasteiger partial charge in [-0.1, -0.05) is 51.6 Å². The van der Waals surface area contributed by atoms with Gasteiger partial charge < -0.3 is 14.5 Å². The zero-order chi connectivity index (χ0) is 28.2. The zero-order valence-electron chi connectivity index (χ0n) is 24.2. The molecular formula is C31H41N7O2. The Morgan fingerprint density at radius 2 is 1.73 bits per heavy atom. The normalized spacial score (nSPS) is 21.4. The minimum absolute atomic E-state index is 0.179. The van der Waals surface area contributed by atoms with Gasteiger partial charge in [-0.3, -0.25) is 14.4 Å². The first-order valence-electron chi connectivity index (χ1n) is 14.6. The predicted molar refractivity (Wildman–Crippen MR) is 159 cm³/mol. The summed E-state index contributed by atoms with van der Waals surface area (Å²) in [6.07, 6.45) is 2.93. The van der Waals surface area contributed by atoms with Crippen LogP contribution in [-0.4, -0.2) is 75.8 Å². The number of rotatable bonds is 8. The third-order valence-electron chi connectivity index (χ3n) is 8.65. The summed E-state index contributed by atoms with van der Waals surface area (Å²) in [4.78, 5) is 32.9. The Bertz CT molecular complexity index is 1410. The maximum atomic E-state index is 12.9. The van der Waals surface area contributed by atoms with E-state index in [0.29, 0.717) is 34.8 Å². The van der Waals surface area contributed by atoms with Crippen LogP contribution in [0.4, 0.5) is 11.6 Å². The van der Waals surface area contributed by atoms with Gasteiger partial charge in [-0.25, -0.2) is 4.79 Å². The topological polar surface area (TPSA) is 71.1 Å². The number of aromatic nitrogens is 3. The zero-order valence-corrected chi connectivity index (χ0v) is 24.2. The summed E-state index contributed by atoms with van der Waals surface area (Å²) in [5, 5.41) is 0. The molecule has 0 spiro atoms. The number of ether oxygens (including phenoxy) is 1. The quantitative estimate of drug-likeness (QED) is 0.386. The van der Waals surface area contributed by atoms with E-state index in [4.69, 9.17) is 11.3 Å². The van der Waals surface area contributed by atoms with E-state index >= 15 is 0 Å². The maximum Gasteiger partial charge on any atom is 0.350 e. The molecule has 0 radical (unpaired) electrons. The van der Waals surface area contributed by atoms with Crippen molar-refractivity contribution in [3.8, 4) is 0 Å². The number of benzene rings is 1. The molecule has 0 bridgehead atoms. The van der Waals surface area contributed by atoms with E-state index in [1.807, 2.05) is 6.07 Å². The van der Waals surface area contributed by atoms with Crippen molar-refractivity contribution >= 4 is 22.7 Å². The van der Waals surface area contributed by atoms with Gasteiger partial charge in [0, 0.05) is 57.9 Å². The highest BCUT2D eigenvalue weighted by molar-refractivity contribution is 5.87. The third-order valence-corrected chi connectivity index (χ3v) is 8.65. The largest absolute Gasteiger partial charge is 0.379 e. The molecule has 40 heavy (non-hydrogen) atoms. The lowest BCUT2D eigenvalue weighted by Gasteiger charge is -2.49. The Hall–Kier alpha value is -3.32. The molecule has 9 nitrogen and oxygen atoms in total. The molecule has 0 N–H and O–H groups in total. The van der Waals surface area contributed by atoms with Gasteiger partial charge in [0.05, 0.1) is 18.7 Å². The molecule has 212 valence electrons. The summed E-state index contributed by atoms with van der Waals surface area (Å²) in [6.45, 7) is 20.4. The highest BCUT2D eigenvalue weighted by Gasteiger charge is 2.38. The van der Waals surface area contributed by atoms with E-state index in [0.717, 1.165) is 65.2 Å². The second-order valence-corrected chi connectivity index (χ2v) is 11.0. The van der Waals surface area contributed by atoms with E-state index in [1.54, 1.807) is 13.1 Å². The van der Waals surface area contributed by atoms with Crippen molar-refractivity contribution in [2.75, 3.05) is 44.3 Å². The molecule has 1 aromatic carbocycles. The van der Waals surface area contributed by atoms with Crippen LogP contribution in [0.5, 0.6) is 0 Å². The number of hydrogen-bond acceptors (Lipinski definition) is 7. The van der Waals surface area contributed by atoms with Crippen molar-refractivity contribution in [2.45, 2.75) is 64.7 Å². The molecule has 0 amide bonds. The van der Waals surface area contributed by atoms with E-state index < -0.39 is 0 Å². The van der Waals surface area contributed by atoms with Crippen LogP contribution in [0.25, 0.3) is 15.9 Å². The van der Waals surface area contributed by atoms with Crippen LogP contribution in [0.15, 0.2) is 41.2 Å². The lowest BCUT2D eigenvalue weighted by atomic mass is 9.94. The van der Waals surface area contributed by atoms with Crippen LogP contribution in [0.3, 0.4) is 0 Å². The summed E-state index contributed by atoms with van der Waals surface area (Å²) >= 11 is 0. The highest BCUT2D eigenvalue weighted by Crippen LogP contribution is 2.35. The van der Waals surface area contributed by atoms with Gasteiger partial charge in [0.15, 0.2) is 5.82 Å². The van der Waals surface area contributed by atoms with Crippen LogP contribution in [0, 0.1) is 6.57 Å². The predicted octanol–water partition coefficient (Wildman–Crippen LogP) is 4.54. The van der Waals surface area contributed by atoms with Gasteiger partial charge in [-0.2, -0.15) is 4.98 Å². The first-order chi connectivity index (χ1) is 19.5. The lowest BCUT2D eigenvalue weighted by molar-refractivity contribution is 0.0342. The Labute approximate surface area is 237 Å². The van der Waals surface area contributed by atoms with Crippen LogP contribution >= 0.6 is 0 Å². The van der Waals surface area contributed by atoms with Gasteiger partial charge in [-0.05, 0) is 42.5 Å². The van der Waals surface area contributed by atoms with Gasteiger partial charge in [0.1, 0.15) is 0 Å². The molecule has 2 aliphatic rings. The average molecular weight is 544 g/mol. The first-order valence-corrected chi connectivity index (χ1v) is 14.6. The van der Waals surface area contributed by atoms with Crippen LogP contribution in [0.1, 0.15) is 57.2 Å². The number of nitrogens with zero attached hydrogens (tertiary/aromatic N) is 7. The molecule has 9 heteroatoms. The van der Waals surface area contributed by atoms with Gasteiger partial charge in [-0.15, -0.1) is 4.98 Å². The van der Waals surface area contributed by atoms with Crippen LogP contribution in [0.2, 0.25) is 0 Å².